The van der Waals surface area contributed by atoms with Crippen molar-refractivity contribution < 1.29 is 14.7 Å². The van der Waals surface area contributed by atoms with E-state index < -0.39 is 5.97 Å². The molecule has 1 rings (SSSR count). The number of nitrogens with zero attached hydrogens (tertiary/aromatic N) is 1. The first-order valence-electron chi connectivity index (χ1n) is 7.09. The number of carboxylic acids is 1. The number of hydrogen-bond acceptors (Lipinski definition) is 3. The van der Waals surface area contributed by atoms with Crippen molar-refractivity contribution in [2.24, 2.45) is 11.8 Å². The van der Waals surface area contributed by atoms with E-state index in [1.807, 2.05) is 19.9 Å². The van der Waals surface area contributed by atoms with Crippen molar-refractivity contribution in [2.75, 3.05) is 6.54 Å². The van der Waals surface area contributed by atoms with Crippen LogP contribution in [0.1, 0.15) is 32.3 Å². The minimum absolute atomic E-state index is 0.0494. The fourth-order valence-corrected chi connectivity index (χ4v) is 2.14. The largest absolute Gasteiger partial charge is 0.481 e. The van der Waals surface area contributed by atoms with Crippen molar-refractivity contribution in [1.82, 2.24) is 15.6 Å². The number of rotatable bonds is 8. The van der Waals surface area contributed by atoms with Crippen LogP contribution in [0, 0.1) is 11.8 Å². The quantitative estimate of drug-likeness (QED) is 0.684. The SMILES string of the molecule is CC(C)CC(CNC(=O)NCc1cccnc1)CC(=O)O. The van der Waals surface area contributed by atoms with E-state index in [4.69, 9.17) is 5.11 Å². The molecule has 21 heavy (non-hydrogen) atoms. The van der Waals surface area contributed by atoms with Crippen molar-refractivity contribution in [1.29, 1.82) is 0 Å². The van der Waals surface area contributed by atoms with E-state index in [0.29, 0.717) is 19.0 Å². The molecule has 1 heterocycles. The van der Waals surface area contributed by atoms with E-state index in [1.54, 1.807) is 18.5 Å². The minimum atomic E-state index is -0.835. The number of carbonyl (C=O) groups excluding carboxylic acids is 1. The van der Waals surface area contributed by atoms with E-state index >= 15 is 0 Å². The predicted octanol–water partition coefficient (Wildman–Crippen LogP) is 2.02. The predicted molar refractivity (Wildman–Crippen MR) is 79.7 cm³/mol. The zero-order chi connectivity index (χ0) is 15.7. The van der Waals surface area contributed by atoms with Crippen molar-refractivity contribution in [2.45, 2.75) is 33.2 Å². The molecule has 1 atom stereocenters. The lowest BCUT2D eigenvalue weighted by Gasteiger charge is -2.18. The summed E-state index contributed by atoms with van der Waals surface area (Å²) in [5, 5.41) is 14.3. The van der Waals surface area contributed by atoms with Crippen LogP contribution in [-0.4, -0.2) is 28.6 Å². The van der Waals surface area contributed by atoms with Crippen molar-refractivity contribution >= 4 is 12.0 Å². The van der Waals surface area contributed by atoms with Gasteiger partial charge in [-0.1, -0.05) is 19.9 Å². The summed E-state index contributed by atoms with van der Waals surface area (Å²) in [6.07, 6.45) is 4.20. The third kappa shape index (κ3) is 7.91. The van der Waals surface area contributed by atoms with E-state index in [0.717, 1.165) is 12.0 Å². The second kappa shape index (κ2) is 8.94. The highest BCUT2D eigenvalue weighted by Gasteiger charge is 2.15. The number of pyridine rings is 1. The highest BCUT2D eigenvalue weighted by molar-refractivity contribution is 5.74. The molecule has 2 amide bonds. The fourth-order valence-electron chi connectivity index (χ4n) is 2.14. The van der Waals surface area contributed by atoms with Crippen LogP contribution in [0.15, 0.2) is 24.5 Å². The third-order valence-corrected chi connectivity index (χ3v) is 3.00. The average Bonchev–Trinajstić information content (AvgIpc) is 2.42. The second-order valence-corrected chi connectivity index (χ2v) is 5.52. The maximum absolute atomic E-state index is 11.7. The fraction of sp³-hybridized carbons (Fsp3) is 0.533. The zero-order valence-corrected chi connectivity index (χ0v) is 12.5. The Kier molecular flexibility index (Phi) is 7.21. The molecule has 0 spiro atoms. The molecule has 3 N–H and O–H groups in total. The highest BCUT2D eigenvalue weighted by atomic mass is 16.4. The van der Waals surface area contributed by atoms with Crippen LogP contribution in [0.25, 0.3) is 0 Å². The van der Waals surface area contributed by atoms with E-state index in [1.165, 1.54) is 0 Å². The number of urea groups is 1. The molecular weight excluding hydrogens is 270 g/mol. The molecule has 0 aromatic carbocycles. The summed E-state index contributed by atoms with van der Waals surface area (Å²) in [5.74, 6) is -0.487. The normalized spacial score (nSPS) is 12.0. The number of hydrogen-bond donors (Lipinski definition) is 3. The summed E-state index contributed by atoms with van der Waals surface area (Å²) in [5.41, 5.74) is 0.914. The maximum atomic E-state index is 11.7. The Bertz CT molecular complexity index is 449. The Labute approximate surface area is 125 Å². The lowest BCUT2D eigenvalue weighted by atomic mass is 9.94. The molecule has 0 fully saturated rings. The van der Waals surface area contributed by atoms with E-state index in [2.05, 4.69) is 15.6 Å². The Morgan fingerprint density at radius 2 is 2.10 bits per heavy atom. The summed E-state index contributed by atoms with van der Waals surface area (Å²) in [4.78, 5) is 26.5. The van der Waals surface area contributed by atoms with Gasteiger partial charge >= 0.3 is 12.0 Å². The van der Waals surface area contributed by atoms with Crippen LogP contribution >= 0.6 is 0 Å². The average molecular weight is 293 g/mol. The van der Waals surface area contributed by atoms with Crippen molar-refractivity contribution in [3.63, 3.8) is 0 Å². The van der Waals surface area contributed by atoms with Gasteiger partial charge in [-0.15, -0.1) is 0 Å². The molecule has 0 radical (unpaired) electrons. The van der Waals surface area contributed by atoms with Crippen LogP contribution in [-0.2, 0) is 11.3 Å². The molecule has 0 aliphatic rings. The van der Waals surface area contributed by atoms with Crippen LogP contribution in [0.5, 0.6) is 0 Å². The van der Waals surface area contributed by atoms with E-state index in [-0.39, 0.29) is 18.4 Å². The topological polar surface area (TPSA) is 91.3 Å². The minimum Gasteiger partial charge on any atom is -0.481 e. The Morgan fingerprint density at radius 3 is 2.67 bits per heavy atom. The van der Waals surface area contributed by atoms with Crippen LogP contribution < -0.4 is 10.6 Å². The van der Waals surface area contributed by atoms with Gasteiger partial charge in [0.1, 0.15) is 0 Å². The first-order chi connectivity index (χ1) is 9.97. The Hall–Kier alpha value is -2.11. The molecule has 0 bridgehead atoms. The summed E-state index contributed by atoms with van der Waals surface area (Å²) in [7, 11) is 0. The Morgan fingerprint density at radius 1 is 1.33 bits per heavy atom. The van der Waals surface area contributed by atoms with Gasteiger partial charge in [-0.25, -0.2) is 4.79 Å². The molecule has 6 nitrogen and oxygen atoms in total. The second-order valence-electron chi connectivity index (χ2n) is 5.52. The first-order valence-corrected chi connectivity index (χ1v) is 7.09. The molecule has 0 saturated carbocycles. The lowest BCUT2D eigenvalue weighted by Crippen LogP contribution is -2.38. The zero-order valence-electron chi connectivity index (χ0n) is 12.5. The van der Waals surface area contributed by atoms with Crippen LogP contribution in [0.4, 0.5) is 4.79 Å². The maximum Gasteiger partial charge on any atom is 0.315 e. The van der Waals surface area contributed by atoms with Gasteiger partial charge in [0, 0.05) is 31.9 Å². The van der Waals surface area contributed by atoms with Crippen molar-refractivity contribution in [3.8, 4) is 0 Å². The summed E-state index contributed by atoms with van der Waals surface area (Å²) in [6, 6.07) is 3.39. The lowest BCUT2D eigenvalue weighted by molar-refractivity contribution is -0.138. The van der Waals surface area contributed by atoms with Gasteiger partial charge in [-0.3, -0.25) is 9.78 Å². The molecule has 0 saturated heterocycles. The van der Waals surface area contributed by atoms with E-state index in [9.17, 15) is 9.59 Å². The summed E-state index contributed by atoms with van der Waals surface area (Å²) in [6.45, 7) is 4.84. The van der Waals surface area contributed by atoms with Gasteiger partial charge in [-0.2, -0.15) is 0 Å². The summed E-state index contributed by atoms with van der Waals surface area (Å²) < 4.78 is 0. The van der Waals surface area contributed by atoms with Gasteiger partial charge in [-0.05, 0) is 29.9 Å². The number of carbonyl (C=O) groups is 2. The number of amides is 2. The molecule has 1 aromatic rings. The van der Waals surface area contributed by atoms with Gasteiger partial charge in [0.15, 0.2) is 0 Å². The standard InChI is InChI=1S/C15H23N3O3/c1-11(2)6-13(7-14(19)20)10-18-15(21)17-9-12-4-3-5-16-8-12/h3-5,8,11,13H,6-7,9-10H2,1-2H3,(H,19,20)(H2,17,18,21). The molecule has 0 aliphatic heterocycles. The number of aromatic nitrogens is 1. The summed E-state index contributed by atoms with van der Waals surface area (Å²) >= 11 is 0. The molecule has 0 aliphatic carbocycles. The number of aliphatic carboxylic acids is 1. The number of carboxylic acid groups (broad SMARTS) is 1. The monoisotopic (exact) mass is 293 g/mol. The first kappa shape index (κ1) is 16.9. The highest BCUT2D eigenvalue weighted by Crippen LogP contribution is 2.14. The molecule has 1 unspecified atom stereocenters. The van der Waals surface area contributed by atoms with Crippen LogP contribution in [0.2, 0.25) is 0 Å². The molecular formula is C15H23N3O3. The number of nitrogens with one attached hydrogen (secondary N) is 2. The van der Waals surface area contributed by atoms with Crippen molar-refractivity contribution in [3.05, 3.63) is 30.1 Å². The smallest absolute Gasteiger partial charge is 0.315 e. The van der Waals surface area contributed by atoms with Crippen LogP contribution in [0.3, 0.4) is 0 Å². The molecule has 116 valence electrons. The third-order valence-electron chi connectivity index (χ3n) is 3.00. The van der Waals surface area contributed by atoms with Gasteiger partial charge < -0.3 is 15.7 Å². The van der Waals surface area contributed by atoms with Gasteiger partial charge in [0.2, 0.25) is 0 Å². The molecule has 6 heteroatoms. The molecule has 1 aromatic heterocycles. The van der Waals surface area contributed by atoms with Gasteiger partial charge in [0.25, 0.3) is 0 Å². The van der Waals surface area contributed by atoms with Gasteiger partial charge in [0.05, 0.1) is 0 Å². The Balaban J connectivity index is 2.33.